The lowest BCUT2D eigenvalue weighted by atomic mass is 10.1. The Labute approximate surface area is 103 Å². The SMILES string of the molecule is CNC(C)c1ccc(N2CCCC(O)C2)cc1. The van der Waals surface area contributed by atoms with Crippen LogP contribution in [-0.2, 0) is 0 Å². The highest BCUT2D eigenvalue weighted by Gasteiger charge is 2.17. The van der Waals surface area contributed by atoms with Gasteiger partial charge in [-0.2, -0.15) is 0 Å². The summed E-state index contributed by atoms with van der Waals surface area (Å²) >= 11 is 0. The number of β-amino-alcohol motifs (C(OH)–C–C–N with tert-alkyl or cyclic N) is 1. The van der Waals surface area contributed by atoms with Crippen LogP contribution in [0.25, 0.3) is 0 Å². The zero-order valence-electron chi connectivity index (χ0n) is 10.7. The molecule has 1 aromatic carbocycles. The number of aliphatic hydroxyl groups is 1. The lowest BCUT2D eigenvalue weighted by Crippen LogP contribution is -2.38. The Balaban J connectivity index is 2.06. The minimum Gasteiger partial charge on any atom is -0.391 e. The van der Waals surface area contributed by atoms with E-state index in [1.807, 2.05) is 7.05 Å². The molecule has 1 aliphatic rings. The fourth-order valence-corrected chi connectivity index (χ4v) is 2.33. The van der Waals surface area contributed by atoms with E-state index in [0.29, 0.717) is 6.04 Å². The minimum absolute atomic E-state index is 0.167. The summed E-state index contributed by atoms with van der Waals surface area (Å²) < 4.78 is 0. The average Bonchev–Trinajstić information content (AvgIpc) is 2.38. The van der Waals surface area contributed by atoms with Gasteiger partial charge in [-0.25, -0.2) is 0 Å². The van der Waals surface area contributed by atoms with Gasteiger partial charge < -0.3 is 15.3 Å². The molecule has 1 fully saturated rings. The molecule has 2 atom stereocenters. The molecule has 3 heteroatoms. The first kappa shape index (κ1) is 12.4. The molecule has 0 spiro atoms. The number of hydrogen-bond donors (Lipinski definition) is 2. The first-order valence-electron chi connectivity index (χ1n) is 6.41. The van der Waals surface area contributed by atoms with Crippen molar-refractivity contribution in [3.63, 3.8) is 0 Å². The van der Waals surface area contributed by atoms with Crippen LogP contribution in [0.4, 0.5) is 5.69 Å². The van der Waals surface area contributed by atoms with Crippen molar-refractivity contribution in [1.82, 2.24) is 5.32 Å². The summed E-state index contributed by atoms with van der Waals surface area (Å²) in [6, 6.07) is 9.02. The maximum absolute atomic E-state index is 9.67. The first-order chi connectivity index (χ1) is 8.20. The van der Waals surface area contributed by atoms with E-state index in [9.17, 15) is 5.11 Å². The van der Waals surface area contributed by atoms with Crippen LogP contribution in [0.5, 0.6) is 0 Å². The van der Waals surface area contributed by atoms with Crippen LogP contribution < -0.4 is 10.2 Å². The third kappa shape index (κ3) is 2.99. The van der Waals surface area contributed by atoms with E-state index in [1.165, 1.54) is 11.3 Å². The Kier molecular flexibility index (Phi) is 4.02. The van der Waals surface area contributed by atoms with Gasteiger partial charge in [-0.3, -0.25) is 0 Å². The molecule has 2 unspecified atom stereocenters. The number of anilines is 1. The summed E-state index contributed by atoms with van der Waals surface area (Å²) in [6.07, 6.45) is 1.85. The Morgan fingerprint density at radius 3 is 2.65 bits per heavy atom. The summed E-state index contributed by atoms with van der Waals surface area (Å²) in [5.74, 6) is 0. The van der Waals surface area contributed by atoms with Crippen LogP contribution in [0.3, 0.4) is 0 Å². The predicted molar refractivity (Wildman–Crippen MR) is 71.4 cm³/mol. The van der Waals surface area contributed by atoms with Gasteiger partial charge in [0.2, 0.25) is 0 Å². The molecule has 1 aromatic rings. The van der Waals surface area contributed by atoms with Gasteiger partial charge in [-0.15, -0.1) is 0 Å². The fraction of sp³-hybridized carbons (Fsp3) is 0.571. The molecule has 1 heterocycles. The molecule has 0 saturated carbocycles. The van der Waals surface area contributed by atoms with E-state index in [4.69, 9.17) is 0 Å². The maximum Gasteiger partial charge on any atom is 0.0715 e. The average molecular weight is 234 g/mol. The van der Waals surface area contributed by atoms with E-state index in [1.54, 1.807) is 0 Å². The third-order valence-electron chi connectivity index (χ3n) is 3.59. The van der Waals surface area contributed by atoms with E-state index >= 15 is 0 Å². The van der Waals surface area contributed by atoms with Gasteiger partial charge in [0.05, 0.1) is 6.10 Å². The van der Waals surface area contributed by atoms with Crippen molar-refractivity contribution in [2.45, 2.75) is 31.9 Å². The predicted octanol–water partition coefficient (Wildman–Crippen LogP) is 1.93. The van der Waals surface area contributed by atoms with Crippen molar-refractivity contribution >= 4 is 5.69 Å². The van der Waals surface area contributed by atoms with Gasteiger partial charge >= 0.3 is 0 Å². The number of hydrogen-bond acceptors (Lipinski definition) is 3. The molecule has 1 aliphatic heterocycles. The van der Waals surface area contributed by atoms with Crippen molar-refractivity contribution < 1.29 is 5.11 Å². The molecule has 0 radical (unpaired) electrons. The van der Waals surface area contributed by atoms with Crippen LogP contribution in [0.2, 0.25) is 0 Å². The summed E-state index contributed by atoms with van der Waals surface area (Å²) in [5, 5.41) is 12.9. The molecule has 0 bridgehead atoms. The van der Waals surface area contributed by atoms with Crippen LogP contribution in [0.1, 0.15) is 31.4 Å². The van der Waals surface area contributed by atoms with Crippen LogP contribution in [0.15, 0.2) is 24.3 Å². The molecule has 0 aliphatic carbocycles. The molecule has 2 rings (SSSR count). The zero-order chi connectivity index (χ0) is 12.3. The maximum atomic E-state index is 9.67. The second-order valence-corrected chi connectivity index (χ2v) is 4.84. The molecule has 94 valence electrons. The van der Waals surface area contributed by atoms with Crippen LogP contribution in [0, 0.1) is 0 Å². The van der Waals surface area contributed by atoms with Crippen molar-refractivity contribution in [2.24, 2.45) is 0 Å². The molecule has 0 aromatic heterocycles. The number of piperidine rings is 1. The van der Waals surface area contributed by atoms with E-state index in [2.05, 4.69) is 41.4 Å². The van der Waals surface area contributed by atoms with Crippen LogP contribution in [-0.4, -0.2) is 31.3 Å². The number of nitrogens with zero attached hydrogens (tertiary/aromatic N) is 1. The number of benzene rings is 1. The van der Waals surface area contributed by atoms with Gasteiger partial charge in [0.1, 0.15) is 0 Å². The van der Waals surface area contributed by atoms with E-state index in [-0.39, 0.29) is 6.10 Å². The molecular weight excluding hydrogens is 212 g/mol. The van der Waals surface area contributed by atoms with Gasteiger partial charge in [0.25, 0.3) is 0 Å². The van der Waals surface area contributed by atoms with Gasteiger partial charge in [0, 0.05) is 24.8 Å². The first-order valence-corrected chi connectivity index (χ1v) is 6.41. The topological polar surface area (TPSA) is 35.5 Å². The highest BCUT2D eigenvalue weighted by atomic mass is 16.3. The molecule has 0 amide bonds. The van der Waals surface area contributed by atoms with Crippen molar-refractivity contribution in [1.29, 1.82) is 0 Å². The van der Waals surface area contributed by atoms with E-state index in [0.717, 1.165) is 25.9 Å². The van der Waals surface area contributed by atoms with Gasteiger partial charge in [-0.1, -0.05) is 12.1 Å². The number of rotatable bonds is 3. The summed E-state index contributed by atoms with van der Waals surface area (Å²) in [7, 11) is 1.97. The minimum atomic E-state index is -0.167. The van der Waals surface area contributed by atoms with Crippen molar-refractivity contribution in [2.75, 3.05) is 25.0 Å². The Morgan fingerprint density at radius 2 is 2.06 bits per heavy atom. The molecule has 1 saturated heterocycles. The second kappa shape index (κ2) is 5.52. The molecular formula is C14H22N2O. The molecule has 17 heavy (non-hydrogen) atoms. The lowest BCUT2D eigenvalue weighted by molar-refractivity contribution is 0.154. The highest BCUT2D eigenvalue weighted by molar-refractivity contribution is 5.48. The molecule has 3 nitrogen and oxygen atoms in total. The number of nitrogens with one attached hydrogen (secondary N) is 1. The smallest absolute Gasteiger partial charge is 0.0715 e. The molecule has 2 N–H and O–H groups in total. The highest BCUT2D eigenvalue weighted by Crippen LogP contribution is 2.22. The zero-order valence-corrected chi connectivity index (χ0v) is 10.7. The standard InChI is InChI=1S/C14H22N2O/c1-11(15-2)12-5-7-13(8-6-12)16-9-3-4-14(17)10-16/h5-8,11,14-15,17H,3-4,9-10H2,1-2H3. The summed E-state index contributed by atoms with van der Waals surface area (Å²) in [6.45, 7) is 3.97. The van der Waals surface area contributed by atoms with Gasteiger partial charge in [-0.05, 0) is 44.5 Å². The van der Waals surface area contributed by atoms with E-state index < -0.39 is 0 Å². The lowest BCUT2D eigenvalue weighted by Gasteiger charge is -2.32. The monoisotopic (exact) mass is 234 g/mol. The Morgan fingerprint density at radius 1 is 1.35 bits per heavy atom. The van der Waals surface area contributed by atoms with Gasteiger partial charge in [0.15, 0.2) is 0 Å². The van der Waals surface area contributed by atoms with Crippen molar-refractivity contribution in [3.05, 3.63) is 29.8 Å². The largest absolute Gasteiger partial charge is 0.391 e. The second-order valence-electron chi connectivity index (χ2n) is 4.84. The normalized spacial score (nSPS) is 22.5. The quantitative estimate of drug-likeness (QED) is 0.839. The van der Waals surface area contributed by atoms with Crippen LogP contribution >= 0.6 is 0 Å². The Hall–Kier alpha value is -1.06. The Bertz CT molecular complexity index is 350. The summed E-state index contributed by atoms with van der Waals surface area (Å²) in [4.78, 5) is 2.27. The third-order valence-corrected chi connectivity index (χ3v) is 3.59. The van der Waals surface area contributed by atoms with Crippen molar-refractivity contribution in [3.8, 4) is 0 Å². The summed E-state index contributed by atoms with van der Waals surface area (Å²) in [5.41, 5.74) is 2.52. The number of aliphatic hydroxyl groups excluding tert-OH is 1. The fourth-order valence-electron chi connectivity index (χ4n) is 2.33.